The van der Waals surface area contributed by atoms with E-state index in [0.717, 1.165) is 31.2 Å². The molecule has 0 atom stereocenters. The minimum Gasteiger partial charge on any atom is -0.334 e. The zero-order chi connectivity index (χ0) is 16.8. The molecule has 2 aromatic rings. The zero-order valence-corrected chi connectivity index (χ0v) is 15.4. The van der Waals surface area contributed by atoms with Crippen LogP contribution in [0.1, 0.15) is 37.9 Å². The fraction of sp³-hybridized carbons (Fsp3) is 0.500. The number of nitrogens with zero attached hydrogens (tertiary/aromatic N) is 3. The summed E-state index contributed by atoms with van der Waals surface area (Å²) in [6.45, 7) is 0.530. The van der Waals surface area contributed by atoms with Crippen LogP contribution in [0.3, 0.4) is 0 Å². The fourth-order valence-electron chi connectivity index (χ4n) is 3.47. The Bertz CT molecular complexity index is 845. The van der Waals surface area contributed by atoms with Gasteiger partial charge < -0.3 is 10.3 Å². The third kappa shape index (κ3) is 3.26. The van der Waals surface area contributed by atoms with E-state index in [1.54, 1.807) is 24.3 Å². The van der Waals surface area contributed by atoms with E-state index in [1.165, 1.54) is 4.31 Å². The Morgan fingerprint density at radius 3 is 2.40 bits per heavy atom. The van der Waals surface area contributed by atoms with E-state index in [9.17, 15) is 8.42 Å². The summed E-state index contributed by atoms with van der Waals surface area (Å²) in [7, 11) is -3.17. The maximum absolute atomic E-state index is 12.0. The Morgan fingerprint density at radius 2 is 1.80 bits per heavy atom. The van der Waals surface area contributed by atoms with Crippen molar-refractivity contribution in [1.29, 1.82) is 0 Å². The Labute approximate surface area is 153 Å². The highest BCUT2D eigenvalue weighted by Crippen LogP contribution is 2.35. The molecule has 0 amide bonds. The summed E-state index contributed by atoms with van der Waals surface area (Å²) in [6.07, 6.45) is 4.57. The summed E-state index contributed by atoms with van der Waals surface area (Å²) in [6, 6.07) is 7.16. The van der Waals surface area contributed by atoms with Crippen molar-refractivity contribution in [2.75, 3.05) is 16.6 Å². The second-order valence-corrected chi connectivity index (χ2v) is 8.59. The lowest BCUT2D eigenvalue weighted by molar-refractivity contribution is 0.372. The van der Waals surface area contributed by atoms with Crippen LogP contribution in [-0.2, 0) is 15.6 Å². The Balaban J connectivity index is 0.00000182. The van der Waals surface area contributed by atoms with Crippen LogP contribution in [0.15, 0.2) is 28.8 Å². The van der Waals surface area contributed by atoms with Crippen LogP contribution >= 0.6 is 12.4 Å². The van der Waals surface area contributed by atoms with Gasteiger partial charge in [0.1, 0.15) is 0 Å². The van der Waals surface area contributed by atoms with Gasteiger partial charge in [-0.25, -0.2) is 8.42 Å². The topological polar surface area (TPSA) is 102 Å². The van der Waals surface area contributed by atoms with E-state index in [-0.39, 0.29) is 18.2 Å². The van der Waals surface area contributed by atoms with Crippen LogP contribution in [0.25, 0.3) is 11.5 Å². The molecule has 9 heteroatoms. The number of rotatable bonds is 3. The molecular weight excluding hydrogens is 364 g/mol. The summed E-state index contributed by atoms with van der Waals surface area (Å²) < 4.78 is 30.8. The van der Waals surface area contributed by atoms with E-state index in [4.69, 9.17) is 10.3 Å². The van der Waals surface area contributed by atoms with Crippen molar-refractivity contribution in [3.8, 4) is 11.5 Å². The van der Waals surface area contributed by atoms with Crippen molar-refractivity contribution in [2.24, 2.45) is 5.73 Å². The van der Waals surface area contributed by atoms with Crippen molar-refractivity contribution in [3.63, 3.8) is 0 Å². The number of nitrogens with two attached hydrogens (primary N) is 1. The molecule has 136 valence electrons. The van der Waals surface area contributed by atoms with Crippen LogP contribution in [0.4, 0.5) is 5.69 Å². The Hall–Kier alpha value is -1.64. The van der Waals surface area contributed by atoms with E-state index in [0.29, 0.717) is 30.4 Å². The molecule has 2 N–H and O–H groups in total. The first-order chi connectivity index (χ1) is 11.5. The minimum atomic E-state index is -3.17. The lowest BCUT2D eigenvalue weighted by atomic mass is 9.99. The predicted molar refractivity (Wildman–Crippen MR) is 97.1 cm³/mol. The second-order valence-electron chi connectivity index (χ2n) is 6.57. The smallest absolute Gasteiger partial charge is 0.257 e. The van der Waals surface area contributed by atoms with Crippen LogP contribution in [0.5, 0.6) is 0 Å². The van der Waals surface area contributed by atoms with Gasteiger partial charge in [0.2, 0.25) is 10.0 Å². The predicted octanol–water partition coefficient (Wildman–Crippen LogP) is 2.43. The van der Waals surface area contributed by atoms with Crippen molar-refractivity contribution in [1.82, 2.24) is 10.1 Å². The summed E-state index contributed by atoms with van der Waals surface area (Å²) in [4.78, 5) is 4.46. The summed E-state index contributed by atoms with van der Waals surface area (Å²) in [5.41, 5.74) is 7.30. The third-order valence-electron chi connectivity index (χ3n) is 4.87. The number of anilines is 1. The van der Waals surface area contributed by atoms with Crippen molar-refractivity contribution >= 4 is 28.1 Å². The maximum atomic E-state index is 12.0. The van der Waals surface area contributed by atoms with Gasteiger partial charge in [0, 0.05) is 12.1 Å². The number of halogens is 1. The molecule has 1 saturated heterocycles. The molecule has 1 aliphatic heterocycles. The number of sulfonamides is 1. The van der Waals surface area contributed by atoms with Crippen molar-refractivity contribution in [2.45, 2.75) is 37.6 Å². The molecule has 0 spiro atoms. The molecule has 2 aliphatic rings. The van der Waals surface area contributed by atoms with Gasteiger partial charge >= 0.3 is 0 Å². The van der Waals surface area contributed by atoms with Gasteiger partial charge in [-0.05, 0) is 43.5 Å². The first kappa shape index (κ1) is 18.2. The highest BCUT2D eigenvalue weighted by Gasteiger charge is 2.36. The van der Waals surface area contributed by atoms with Crippen LogP contribution < -0.4 is 10.0 Å². The summed E-state index contributed by atoms with van der Waals surface area (Å²) in [5.74, 6) is 1.18. The third-order valence-corrected chi connectivity index (χ3v) is 6.74. The molecule has 1 aromatic carbocycles. The molecule has 0 bridgehead atoms. The fourth-order valence-corrected chi connectivity index (χ4v) is 5.04. The van der Waals surface area contributed by atoms with E-state index in [2.05, 4.69) is 10.1 Å². The monoisotopic (exact) mass is 384 g/mol. The maximum Gasteiger partial charge on any atom is 0.257 e. The standard InChI is InChI=1S/C16H20N4O3S.ClH/c17-16(8-1-2-9-16)15-18-14(23-19-15)12-4-6-13(7-5-12)20-10-3-11-24(20,21)22;/h4-7H,1-3,8-11,17H2;1H. The van der Waals surface area contributed by atoms with Crippen LogP contribution in [0, 0.1) is 0 Å². The molecule has 1 saturated carbocycles. The van der Waals surface area contributed by atoms with Gasteiger partial charge in [-0.1, -0.05) is 18.0 Å². The second kappa shape index (κ2) is 6.59. The van der Waals surface area contributed by atoms with Gasteiger partial charge in [0.15, 0.2) is 5.82 Å². The molecule has 2 fully saturated rings. The van der Waals surface area contributed by atoms with Crippen LogP contribution in [-0.4, -0.2) is 30.9 Å². The van der Waals surface area contributed by atoms with Gasteiger partial charge in [0.05, 0.1) is 17.0 Å². The zero-order valence-electron chi connectivity index (χ0n) is 13.7. The van der Waals surface area contributed by atoms with E-state index in [1.807, 2.05) is 0 Å². The van der Waals surface area contributed by atoms with E-state index >= 15 is 0 Å². The molecule has 4 rings (SSSR count). The first-order valence-corrected chi connectivity index (χ1v) is 9.83. The largest absolute Gasteiger partial charge is 0.334 e. The molecule has 1 aromatic heterocycles. The summed E-state index contributed by atoms with van der Waals surface area (Å²) >= 11 is 0. The quantitative estimate of drug-likeness (QED) is 0.871. The number of hydrogen-bond acceptors (Lipinski definition) is 6. The normalized spacial score (nSPS) is 21.2. The van der Waals surface area contributed by atoms with Gasteiger partial charge in [0.25, 0.3) is 5.89 Å². The molecule has 25 heavy (non-hydrogen) atoms. The lowest BCUT2D eigenvalue weighted by Gasteiger charge is -2.17. The Morgan fingerprint density at radius 1 is 1.12 bits per heavy atom. The average molecular weight is 385 g/mol. The average Bonchev–Trinajstić information content (AvgIpc) is 3.27. The number of aromatic nitrogens is 2. The lowest BCUT2D eigenvalue weighted by Crippen LogP contribution is -2.34. The first-order valence-electron chi connectivity index (χ1n) is 8.22. The number of hydrogen-bond donors (Lipinski definition) is 1. The van der Waals surface area contributed by atoms with Gasteiger partial charge in [-0.3, -0.25) is 4.31 Å². The minimum absolute atomic E-state index is 0. The van der Waals surface area contributed by atoms with Crippen molar-refractivity contribution in [3.05, 3.63) is 30.1 Å². The van der Waals surface area contributed by atoms with Gasteiger partial charge in [-0.15, -0.1) is 12.4 Å². The van der Waals surface area contributed by atoms with E-state index < -0.39 is 15.6 Å². The molecule has 7 nitrogen and oxygen atoms in total. The summed E-state index contributed by atoms with van der Waals surface area (Å²) in [5, 5.41) is 4.05. The highest BCUT2D eigenvalue weighted by atomic mass is 35.5. The van der Waals surface area contributed by atoms with Gasteiger partial charge in [-0.2, -0.15) is 4.98 Å². The molecule has 2 heterocycles. The molecular formula is C16H21ClN4O3S. The SMILES string of the molecule is Cl.NC1(c2noc(-c3ccc(N4CCCS4(=O)=O)cc3)n2)CCCC1. The Kier molecular flexibility index (Phi) is 4.78. The highest BCUT2D eigenvalue weighted by molar-refractivity contribution is 7.93. The molecule has 1 aliphatic carbocycles. The molecule has 0 unspecified atom stereocenters. The number of benzene rings is 1. The van der Waals surface area contributed by atoms with Crippen LogP contribution in [0.2, 0.25) is 0 Å². The van der Waals surface area contributed by atoms with Crippen molar-refractivity contribution < 1.29 is 12.9 Å². The molecule has 0 radical (unpaired) electrons.